The number of nitrogens with zero attached hydrogens (tertiary/aromatic N) is 2. The van der Waals surface area contributed by atoms with Crippen LogP contribution in [0.1, 0.15) is 51.4 Å². The normalized spacial score (nSPS) is 23.8. The van der Waals surface area contributed by atoms with E-state index in [0.717, 1.165) is 11.8 Å². The van der Waals surface area contributed by atoms with Crippen LogP contribution in [0.3, 0.4) is 0 Å². The molecule has 1 aliphatic carbocycles. The molecule has 0 radical (unpaired) electrons. The fraction of sp³-hybridized carbons (Fsp3) is 1.00. The standard InChI is InChI=1S/C15H30N2S/c18-14-6-2-1-5-9-16-10-12-17(13-11-16)15-7-3-4-8-15/h15,18H,1-14H2. The molecule has 106 valence electrons. The second-order valence-corrected chi connectivity index (χ2v) is 6.40. The summed E-state index contributed by atoms with van der Waals surface area (Å²) < 4.78 is 0. The number of rotatable bonds is 7. The Balaban J connectivity index is 1.53. The summed E-state index contributed by atoms with van der Waals surface area (Å²) in [7, 11) is 0. The van der Waals surface area contributed by atoms with Gasteiger partial charge in [-0.25, -0.2) is 0 Å². The van der Waals surface area contributed by atoms with Crippen molar-refractivity contribution in [3.05, 3.63) is 0 Å². The van der Waals surface area contributed by atoms with Crippen LogP contribution in [0.5, 0.6) is 0 Å². The van der Waals surface area contributed by atoms with E-state index in [1.54, 1.807) is 0 Å². The molecule has 0 N–H and O–H groups in total. The van der Waals surface area contributed by atoms with Crippen molar-refractivity contribution in [2.24, 2.45) is 0 Å². The Labute approximate surface area is 119 Å². The van der Waals surface area contributed by atoms with Crippen molar-refractivity contribution in [2.75, 3.05) is 38.5 Å². The zero-order valence-electron chi connectivity index (χ0n) is 11.8. The van der Waals surface area contributed by atoms with Gasteiger partial charge in [0.2, 0.25) is 0 Å². The molecule has 0 amide bonds. The molecule has 2 nitrogen and oxygen atoms in total. The van der Waals surface area contributed by atoms with Gasteiger partial charge in [-0.05, 0) is 38.0 Å². The lowest BCUT2D eigenvalue weighted by atomic mass is 10.1. The van der Waals surface area contributed by atoms with E-state index in [1.165, 1.54) is 84.1 Å². The molecular formula is C15H30N2S. The molecule has 1 saturated carbocycles. The summed E-state index contributed by atoms with van der Waals surface area (Å²) in [5.74, 6) is 1.06. The number of hydrogen-bond donors (Lipinski definition) is 1. The van der Waals surface area contributed by atoms with Gasteiger partial charge in [-0.2, -0.15) is 12.6 Å². The van der Waals surface area contributed by atoms with E-state index in [1.807, 2.05) is 0 Å². The molecule has 1 heterocycles. The van der Waals surface area contributed by atoms with Crippen LogP contribution in [0.15, 0.2) is 0 Å². The highest BCUT2D eigenvalue weighted by molar-refractivity contribution is 7.80. The topological polar surface area (TPSA) is 6.48 Å². The van der Waals surface area contributed by atoms with E-state index in [2.05, 4.69) is 22.4 Å². The first-order valence-corrected chi connectivity index (χ1v) is 8.60. The molecule has 2 fully saturated rings. The minimum Gasteiger partial charge on any atom is -0.301 e. The van der Waals surface area contributed by atoms with Crippen molar-refractivity contribution in [3.8, 4) is 0 Å². The molecular weight excluding hydrogens is 240 g/mol. The Kier molecular flexibility index (Phi) is 6.88. The summed E-state index contributed by atoms with van der Waals surface area (Å²) in [5, 5.41) is 0. The van der Waals surface area contributed by atoms with Crippen molar-refractivity contribution in [1.82, 2.24) is 9.80 Å². The smallest absolute Gasteiger partial charge is 0.0113 e. The Bertz CT molecular complexity index is 209. The van der Waals surface area contributed by atoms with Crippen LogP contribution in [0.25, 0.3) is 0 Å². The summed E-state index contributed by atoms with van der Waals surface area (Å²) in [5.41, 5.74) is 0. The molecule has 3 heteroatoms. The van der Waals surface area contributed by atoms with E-state index >= 15 is 0 Å². The average Bonchev–Trinajstić information content (AvgIpc) is 2.93. The van der Waals surface area contributed by atoms with Gasteiger partial charge in [0.25, 0.3) is 0 Å². The van der Waals surface area contributed by atoms with Gasteiger partial charge < -0.3 is 4.90 Å². The van der Waals surface area contributed by atoms with E-state index in [4.69, 9.17) is 0 Å². The summed E-state index contributed by atoms with van der Waals surface area (Å²) in [4.78, 5) is 5.43. The third-order valence-electron chi connectivity index (χ3n) is 4.63. The van der Waals surface area contributed by atoms with Crippen LogP contribution in [0, 0.1) is 0 Å². The molecule has 2 aliphatic rings. The second kappa shape index (κ2) is 8.44. The quantitative estimate of drug-likeness (QED) is 0.561. The number of hydrogen-bond acceptors (Lipinski definition) is 3. The van der Waals surface area contributed by atoms with Gasteiger partial charge in [0.1, 0.15) is 0 Å². The van der Waals surface area contributed by atoms with Crippen LogP contribution < -0.4 is 0 Å². The molecule has 0 spiro atoms. The molecule has 1 saturated heterocycles. The zero-order valence-corrected chi connectivity index (χ0v) is 12.7. The van der Waals surface area contributed by atoms with Gasteiger partial charge in [-0.15, -0.1) is 0 Å². The zero-order chi connectivity index (χ0) is 12.6. The lowest BCUT2D eigenvalue weighted by Crippen LogP contribution is -2.49. The average molecular weight is 270 g/mol. The molecule has 2 rings (SSSR count). The highest BCUT2D eigenvalue weighted by Gasteiger charge is 2.25. The minimum atomic E-state index is 0.933. The molecule has 0 unspecified atom stereocenters. The minimum absolute atomic E-state index is 0.933. The van der Waals surface area contributed by atoms with Crippen LogP contribution in [-0.2, 0) is 0 Å². The number of piperazine rings is 1. The predicted octanol–water partition coefficient (Wildman–Crippen LogP) is 3.04. The third kappa shape index (κ3) is 4.75. The van der Waals surface area contributed by atoms with Gasteiger partial charge in [0.05, 0.1) is 0 Å². The van der Waals surface area contributed by atoms with E-state index in [-0.39, 0.29) is 0 Å². The fourth-order valence-electron chi connectivity index (χ4n) is 3.42. The highest BCUT2D eigenvalue weighted by Crippen LogP contribution is 2.24. The van der Waals surface area contributed by atoms with Crippen LogP contribution in [0.2, 0.25) is 0 Å². The van der Waals surface area contributed by atoms with Crippen molar-refractivity contribution in [3.63, 3.8) is 0 Å². The largest absolute Gasteiger partial charge is 0.301 e. The number of unbranched alkanes of at least 4 members (excludes halogenated alkanes) is 3. The summed E-state index contributed by atoms with van der Waals surface area (Å²) in [6.07, 6.45) is 11.3. The molecule has 1 aliphatic heterocycles. The number of thiol groups is 1. The molecule has 0 atom stereocenters. The highest BCUT2D eigenvalue weighted by atomic mass is 32.1. The molecule has 0 aromatic carbocycles. The fourth-order valence-corrected chi connectivity index (χ4v) is 3.65. The molecule has 18 heavy (non-hydrogen) atoms. The summed E-state index contributed by atoms with van der Waals surface area (Å²) >= 11 is 4.26. The van der Waals surface area contributed by atoms with Crippen molar-refractivity contribution in [1.29, 1.82) is 0 Å². The SMILES string of the molecule is SCCCCCCN1CCN(C2CCCC2)CC1. The van der Waals surface area contributed by atoms with Crippen molar-refractivity contribution < 1.29 is 0 Å². The lowest BCUT2D eigenvalue weighted by Gasteiger charge is -2.38. The van der Waals surface area contributed by atoms with Gasteiger partial charge in [0, 0.05) is 32.2 Å². The maximum absolute atomic E-state index is 4.26. The van der Waals surface area contributed by atoms with Crippen LogP contribution in [-0.4, -0.2) is 54.3 Å². The first kappa shape index (κ1) is 14.7. The third-order valence-corrected chi connectivity index (χ3v) is 4.95. The first-order chi connectivity index (χ1) is 8.90. The van der Waals surface area contributed by atoms with Crippen molar-refractivity contribution in [2.45, 2.75) is 57.4 Å². The van der Waals surface area contributed by atoms with E-state index in [0.29, 0.717) is 0 Å². The predicted molar refractivity (Wildman–Crippen MR) is 82.6 cm³/mol. The Hall–Kier alpha value is 0.270. The van der Waals surface area contributed by atoms with Gasteiger partial charge in [-0.3, -0.25) is 4.90 Å². The van der Waals surface area contributed by atoms with E-state index < -0.39 is 0 Å². The van der Waals surface area contributed by atoms with Gasteiger partial charge in [0.15, 0.2) is 0 Å². The Morgan fingerprint density at radius 2 is 1.50 bits per heavy atom. The molecule has 0 bridgehead atoms. The second-order valence-electron chi connectivity index (χ2n) is 5.95. The first-order valence-electron chi connectivity index (χ1n) is 7.97. The summed E-state index contributed by atoms with van der Waals surface area (Å²) in [6.45, 7) is 6.58. The Morgan fingerprint density at radius 3 is 2.17 bits per heavy atom. The Morgan fingerprint density at radius 1 is 0.833 bits per heavy atom. The molecule has 0 aromatic rings. The molecule has 0 aromatic heterocycles. The van der Waals surface area contributed by atoms with Crippen molar-refractivity contribution >= 4 is 12.6 Å². The van der Waals surface area contributed by atoms with E-state index in [9.17, 15) is 0 Å². The van der Waals surface area contributed by atoms with Gasteiger partial charge in [-0.1, -0.05) is 25.7 Å². The van der Waals surface area contributed by atoms with Gasteiger partial charge >= 0.3 is 0 Å². The summed E-state index contributed by atoms with van der Waals surface area (Å²) in [6, 6.07) is 0.933. The van der Waals surface area contributed by atoms with Crippen LogP contribution >= 0.6 is 12.6 Å². The maximum Gasteiger partial charge on any atom is 0.0113 e. The monoisotopic (exact) mass is 270 g/mol. The maximum atomic E-state index is 4.26. The van der Waals surface area contributed by atoms with Crippen LogP contribution in [0.4, 0.5) is 0 Å². The lowest BCUT2D eigenvalue weighted by molar-refractivity contribution is 0.0967.